The van der Waals surface area contributed by atoms with Crippen LogP contribution in [0.25, 0.3) is 10.9 Å². The van der Waals surface area contributed by atoms with Crippen LogP contribution in [0.5, 0.6) is 0 Å². The molecule has 1 fully saturated rings. The minimum absolute atomic E-state index is 0.0518. The van der Waals surface area contributed by atoms with Crippen LogP contribution in [0.4, 0.5) is 0 Å². The van der Waals surface area contributed by atoms with Gasteiger partial charge in [-0.1, -0.05) is 18.2 Å². The number of thiazole rings is 1. The van der Waals surface area contributed by atoms with Crippen LogP contribution in [0.3, 0.4) is 0 Å². The molecule has 1 amide bonds. The quantitative estimate of drug-likeness (QED) is 0.725. The van der Waals surface area contributed by atoms with E-state index in [0.29, 0.717) is 5.56 Å². The normalized spacial score (nSPS) is 18.0. The Morgan fingerprint density at radius 3 is 3.05 bits per heavy atom. The molecular formula is C17H15N3OS. The highest BCUT2D eigenvalue weighted by molar-refractivity contribution is 7.09. The lowest BCUT2D eigenvalue weighted by Gasteiger charge is -2.23. The average molecular weight is 309 g/mol. The number of pyridine rings is 1. The van der Waals surface area contributed by atoms with Gasteiger partial charge in [0.2, 0.25) is 0 Å². The fourth-order valence-electron chi connectivity index (χ4n) is 3.02. The van der Waals surface area contributed by atoms with E-state index in [-0.39, 0.29) is 11.9 Å². The van der Waals surface area contributed by atoms with Crippen LogP contribution in [-0.4, -0.2) is 27.3 Å². The largest absolute Gasteiger partial charge is 0.329 e. The van der Waals surface area contributed by atoms with Crippen molar-refractivity contribution in [3.63, 3.8) is 0 Å². The van der Waals surface area contributed by atoms with Gasteiger partial charge in [0.1, 0.15) is 5.01 Å². The fourth-order valence-corrected chi connectivity index (χ4v) is 3.80. The first-order chi connectivity index (χ1) is 10.8. The molecule has 110 valence electrons. The highest BCUT2D eigenvalue weighted by Gasteiger charge is 2.32. The molecule has 0 N–H and O–H groups in total. The van der Waals surface area contributed by atoms with Gasteiger partial charge in [0.25, 0.3) is 5.91 Å². The summed E-state index contributed by atoms with van der Waals surface area (Å²) in [7, 11) is 0. The third-order valence-electron chi connectivity index (χ3n) is 4.09. The summed E-state index contributed by atoms with van der Waals surface area (Å²) in [5.74, 6) is 0.0518. The third-order valence-corrected chi connectivity index (χ3v) is 4.96. The number of hydrogen-bond acceptors (Lipinski definition) is 4. The van der Waals surface area contributed by atoms with E-state index < -0.39 is 0 Å². The van der Waals surface area contributed by atoms with Gasteiger partial charge in [-0.3, -0.25) is 9.78 Å². The molecule has 3 aromatic rings. The van der Waals surface area contributed by atoms with Crippen LogP contribution in [0.2, 0.25) is 0 Å². The van der Waals surface area contributed by atoms with E-state index in [1.165, 1.54) is 0 Å². The van der Waals surface area contributed by atoms with Gasteiger partial charge in [-0.15, -0.1) is 11.3 Å². The summed E-state index contributed by atoms with van der Waals surface area (Å²) in [4.78, 5) is 23.6. The summed E-state index contributed by atoms with van der Waals surface area (Å²) in [6, 6.07) is 9.91. The van der Waals surface area contributed by atoms with Gasteiger partial charge < -0.3 is 4.90 Å². The number of fused-ring (bicyclic) bond motifs is 1. The Balaban J connectivity index is 1.67. The van der Waals surface area contributed by atoms with Crippen molar-refractivity contribution in [2.45, 2.75) is 18.9 Å². The molecule has 0 bridgehead atoms. The van der Waals surface area contributed by atoms with Crippen molar-refractivity contribution >= 4 is 28.1 Å². The Morgan fingerprint density at radius 2 is 2.18 bits per heavy atom. The van der Waals surface area contributed by atoms with Crippen molar-refractivity contribution in [2.24, 2.45) is 0 Å². The van der Waals surface area contributed by atoms with Crippen LogP contribution in [0.1, 0.15) is 34.2 Å². The molecule has 1 atom stereocenters. The van der Waals surface area contributed by atoms with Crippen molar-refractivity contribution in [1.29, 1.82) is 0 Å². The Morgan fingerprint density at radius 1 is 1.27 bits per heavy atom. The number of benzene rings is 1. The summed E-state index contributed by atoms with van der Waals surface area (Å²) in [6.07, 6.45) is 5.50. The Hall–Kier alpha value is -2.27. The predicted molar refractivity (Wildman–Crippen MR) is 86.9 cm³/mol. The predicted octanol–water partition coefficient (Wildman–Crippen LogP) is 3.67. The molecule has 3 heterocycles. The number of hydrogen-bond donors (Lipinski definition) is 0. The van der Waals surface area contributed by atoms with E-state index in [2.05, 4.69) is 9.97 Å². The van der Waals surface area contributed by atoms with E-state index in [1.54, 1.807) is 23.7 Å². The molecule has 1 aliphatic rings. The molecule has 5 heteroatoms. The summed E-state index contributed by atoms with van der Waals surface area (Å²) in [5.41, 5.74) is 1.57. The maximum absolute atomic E-state index is 12.9. The maximum Gasteiger partial charge on any atom is 0.256 e. The first-order valence-corrected chi connectivity index (χ1v) is 8.26. The number of likely N-dealkylation sites (tertiary alicyclic amines) is 1. The lowest BCUT2D eigenvalue weighted by molar-refractivity contribution is 0.0735. The molecular weight excluding hydrogens is 294 g/mol. The van der Waals surface area contributed by atoms with E-state index in [4.69, 9.17) is 0 Å². The van der Waals surface area contributed by atoms with Crippen molar-refractivity contribution in [3.8, 4) is 0 Å². The van der Waals surface area contributed by atoms with E-state index >= 15 is 0 Å². The second-order valence-corrected chi connectivity index (χ2v) is 6.37. The van der Waals surface area contributed by atoms with Gasteiger partial charge in [-0.05, 0) is 25.0 Å². The summed E-state index contributed by atoms with van der Waals surface area (Å²) >= 11 is 1.62. The minimum Gasteiger partial charge on any atom is -0.329 e. The molecule has 1 aliphatic heterocycles. The first kappa shape index (κ1) is 13.4. The smallest absolute Gasteiger partial charge is 0.256 e. The average Bonchev–Trinajstić information content (AvgIpc) is 3.24. The van der Waals surface area contributed by atoms with Crippen LogP contribution in [0.15, 0.2) is 48.1 Å². The SMILES string of the molecule is O=C(c1cnc2ccccc2c1)N1CCCC1c1nccs1. The molecule has 4 rings (SSSR count). The number of carbonyl (C=O) groups is 1. The lowest BCUT2D eigenvalue weighted by atomic mass is 10.1. The Labute approximate surface area is 132 Å². The topological polar surface area (TPSA) is 46.1 Å². The highest BCUT2D eigenvalue weighted by atomic mass is 32.1. The molecule has 1 saturated heterocycles. The number of nitrogens with zero attached hydrogens (tertiary/aromatic N) is 3. The second-order valence-electron chi connectivity index (χ2n) is 5.44. The van der Waals surface area contributed by atoms with Crippen molar-refractivity contribution in [1.82, 2.24) is 14.9 Å². The van der Waals surface area contributed by atoms with Gasteiger partial charge in [0.05, 0.1) is 17.1 Å². The number of para-hydroxylation sites is 1. The van der Waals surface area contributed by atoms with Gasteiger partial charge >= 0.3 is 0 Å². The molecule has 22 heavy (non-hydrogen) atoms. The Bertz CT molecular complexity index is 816. The zero-order valence-electron chi connectivity index (χ0n) is 12.0. The molecule has 2 aromatic heterocycles. The van der Waals surface area contributed by atoms with Gasteiger partial charge in [-0.2, -0.15) is 0 Å². The van der Waals surface area contributed by atoms with Crippen molar-refractivity contribution < 1.29 is 4.79 Å². The van der Waals surface area contributed by atoms with Crippen LogP contribution in [-0.2, 0) is 0 Å². The minimum atomic E-state index is 0.0518. The first-order valence-electron chi connectivity index (χ1n) is 7.38. The van der Waals surface area contributed by atoms with Crippen LogP contribution in [0, 0.1) is 0 Å². The lowest BCUT2D eigenvalue weighted by Crippen LogP contribution is -2.30. The summed E-state index contributed by atoms with van der Waals surface area (Å²) in [6.45, 7) is 0.788. The third kappa shape index (κ3) is 2.27. The van der Waals surface area contributed by atoms with Crippen molar-refractivity contribution in [3.05, 3.63) is 58.7 Å². The van der Waals surface area contributed by atoms with Gasteiger partial charge in [0.15, 0.2) is 0 Å². The molecule has 4 nitrogen and oxygen atoms in total. The number of amides is 1. The number of carbonyl (C=O) groups excluding carboxylic acids is 1. The number of aromatic nitrogens is 2. The van der Waals surface area contributed by atoms with Gasteiger partial charge in [0, 0.05) is 29.7 Å². The van der Waals surface area contributed by atoms with Crippen LogP contribution >= 0.6 is 11.3 Å². The molecule has 0 saturated carbocycles. The van der Waals surface area contributed by atoms with E-state index in [0.717, 1.165) is 35.3 Å². The monoisotopic (exact) mass is 309 g/mol. The highest BCUT2D eigenvalue weighted by Crippen LogP contribution is 2.34. The van der Waals surface area contributed by atoms with E-state index in [1.807, 2.05) is 40.6 Å². The molecule has 1 aromatic carbocycles. The Kier molecular flexibility index (Phi) is 3.35. The summed E-state index contributed by atoms with van der Waals surface area (Å²) in [5, 5.41) is 3.99. The van der Waals surface area contributed by atoms with Crippen molar-refractivity contribution in [2.75, 3.05) is 6.54 Å². The second kappa shape index (κ2) is 5.50. The zero-order chi connectivity index (χ0) is 14.9. The molecule has 0 spiro atoms. The fraction of sp³-hybridized carbons (Fsp3) is 0.235. The zero-order valence-corrected chi connectivity index (χ0v) is 12.8. The standard InChI is InChI=1S/C17H15N3OS/c21-17(13-10-12-4-1-2-5-14(12)19-11-13)20-8-3-6-15(20)16-18-7-9-22-16/h1-2,4-5,7,9-11,15H,3,6,8H2. The van der Waals surface area contributed by atoms with Gasteiger partial charge in [-0.25, -0.2) is 4.98 Å². The molecule has 0 radical (unpaired) electrons. The summed E-state index contributed by atoms with van der Waals surface area (Å²) < 4.78 is 0. The number of rotatable bonds is 2. The molecule has 1 unspecified atom stereocenters. The maximum atomic E-state index is 12.9. The van der Waals surface area contributed by atoms with Crippen LogP contribution < -0.4 is 0 Å². The van der Waals surface area contributed by atoms with E-state index in [9.17, 15) is 4.79 Å². The molecule has 0 aliphatic carbocycles.